The minimum absolute atomic E-state index is 0.829. The van der Waals surface area contributed by atoms with E-state index in [1.807, 2.05) is 30.5 Å². The molecule has 4 nitrogen and oxygen atoms in total. The van der Waals surface area contributed by atoms with Gasteiger partial charge in [0.2, 0.25) is 0 Å². The maximum Gasteiger partial charge on any atom is 0.107 e. The third kappa shape index (κ3) is 2.68. The van der Waals surface area contributed by atoms with Gasteiger partial charge in [-0.05, 0) is 55.7 Å². The highest BCUT2D eigenvalue weighted by Gasteiger charge is 2.06. The van der Waals surface area contributed by atoms with Gasteiger partial charge in [0, 0.05) is 12.6 Å². The highest BCUT2D eigenvalue weighted by molar-refractivity contribution is 5.77. The number of imidazole rings is 1. The molecular formula is C19H18N4. The molecule has 2 aromatic heterocycles. The summed E-state index contributed by atoms with van der Waals surface area (Å²) >= 11 is 0. The molecule has 0 unspecified atom stereocenters. The summed E-state index contributed by atoms with van der Waals surface area (Å²) in [5.41, 5.74) is 7.58. The van der Waals surface area contributed by atoms with Gasteiger partial charge >= 0.3 is 0 Å². The molecule has 23 heavy (non-hydrogen) atoms. The van der Waals surface area contributed by atoms with Gasteiger partial charge in [0.15, 0.2) is 0 Å². The monoisotopic (exact) mass is 302 g/mol. The zero-order valence-electron chi connectivity index (χ0n) is 13.3. The van der Waals surface area contributed by atoms with Gasteiger partial charge in [-0.25, -0.2) is 9.97 Å². The Morgan fingerprint density at radius 2 is 1.65 bits per heavy atom. The number of aromatic amines is 1. The van der Waals surface area contributed by atoms with Crippen molar-refractivity contribution in [2.45, 2.75) is 26.7 Å². The molecule has 2 aromatic carbocycles. The number of aromatic nitrogens is 4. The molecule has 0 fully saturated rings. The number of fused-ring (bicyclic) bond motifs is 2. The van der Waals surface area contributed by atoms with E-state index in [4.69, 9.17) is 0 Å². The summed E-state index contributed by atoms with van der Waals surface area (Å²) in [5, 5.41) is 0. The van der Waals surface area contributed by atoms with Crippen LogP contribution in [-0.4, -0.2) is 19.9 Å². The van der Waals surface area contributed by atoms with E-state index in [9.17, 15) is 0 Å². The average Bonchev–Trinajstić information content (AvgIpc) is 2.95. The topological polar surface area (TPSA) is 54.5 Å². The van der Waals surface area contributed by atoms with Crippen molar-refractivity contribution < 1.29 is 0 Å². The fourth-order valence-corrected chi connectivity index (χ4v) is 2.80. The van der Waals surface area contributed by atoms with Gasteiger partial charge in [-0.2, -0.15) is 0 Å². The summed E-state index contributed by atoms with van der Waals surface area (Å²) in [6.45, 7) is 4.24. The van der Waals surface area contributed by atoms with Crippen LogP contribution in [0.25, 0.3) is 22.1 Å². The summed E-state index contributed by atoms with van der Waals surface area (Å²) in [7, 11) is 0. The van der Waals surface area contributed by atoms with Crippen LogP contribution >= 0.6 is 0 Å². The van der Waals surface area contributed by atoms with Gasteiger partial charge in [0.1, 0.15) is 5.82 Å². The van der Waals surface area contributed by atoms with E-state index in [1.165, 1.54) is 11.1 Å². The first-order valence-electron chi connectivity index (χ1n) is 7.85. The lowest BCUT2D eigenvalue weighted by molar-refractivity contribution is 0.860. The normalized spacial score (nSPS) is 11.4. The quantitative estimate of drug-likeness (QED) is 0.624. The first-order valence-corrected chi connectivity index (χ1v) is 7.85. The Hall–Kier alpha value is -2.75. The van der Waals surface area contributed by atoms with Crippen LogP contribution in [0.3, 0.4) is 0 Å². The minimum Gasteiger partial charge on any atom is -0.342 e. The van der Waals surface area contributed by atoms with Crippen LogP contribution in [0, 0.1) is 13.8 Å². The van der Waals surface area contributed by atoms with Crippen LogP contribution < -0.4 is 0 Å². The predicted molar refractivity (Wildman–Crippen MR) is 92.5 cm³/mol. The molecule has 0 saturated heterocycles. The van der Waals surface area contributed by atoms with Crippen LogP contribution in [0.4, 0.5) is 0 Å². The molecule has 1 N–H and O–H groups in total. The van der Waals surface area contributed by atoms with E-state index in [0.29, 0.717) is 0 Å². The molecule has 4 aromatic rings. The van der Waals surface area contributed by atoms with Crippen molar-refractivity contribution in [3.8, 4) is 0 Å². The molecule has 114 valence electrons. The zero-order chi connectivity index (χ0) is 15.8. The second-order valence-electron chi connectivity index (χ2n) is 5.99. The molecule has 0 aliphatic carbocycles. The SMILES string of the molecule is Cc1cc2nc(CCc3cnc4ccccc4n3)[nH]c2cc1C. The van der Waals surface area contributed by atoms with Gasteiger partial charge in [-0.3, -0.25) is 4.98 Å². The lowest BCUT2D eigenvalue weighted by Crippen LogP contribution is -1.97. The molecule has 0 aliphatic rings. The first-order chi connectivity index (χ1) is 11.2. The Bertz CT molecular complexity index is 962. The molecule has 0 amide bonds. The fourth-order valence-electron chi connectivity index (χ4n) is 2.80. The fraction of sp³-hybridized carbons (Fsp3) is 0.211. The molecule has 2 heterocycles. The maximum absolute atomic E-state index is 4.69. The van der Waals surface area contributed by atoms with Crippen molar-refractivity contribution in [1.29, 1.82) is 0 Å². The first kappa shape index (κ1) is 13.9. The standard InChI is InChI=1S/C19H18N4/c1-12-9-17-18(10-13(12)2)23-19(22-17)8-7-14-11-20-15-5-3-4-6-16(15)21-14/h3-6,9-11H,7-8H2,1-2H3,(H,22,23). The smallest absolute Gasteiger partial charge is 0.107 e. The maximum atomic E-state index is 4.69. The minimum atomic E-state index is 0.829. The van der Waals surface area contributed by atoms with Gasteiger partial charge in [-0.1, -0.05) is 12.1 Å². The number of nitrogens with one attached hydrogen (secondary N) is 1. The highest BCUT2D eigenvalue weighted by Crippen LogP contribution is 2.18. The number of rotatable bonds is 3. The molecule has 0 spiro atoms. The van der Waals surface area contributed by atoms with E-state index < -0.39 is 0 Å². The third-order valence-electron chi connectivity index (χ3n) is 4.26. The van der Waals surface area contributed by atoms with E-state index >= 15 is 0 Å². The number of H-pyrrole nitrogens is 1. The van der Waals surface area contributed by atoms with Crippen LogP contribution in [0.5, 0.6) is 0 Å². The van der Waals surface area contributed by atoms with Crippen molar-refractivity contribution >= 4 is 22.1 Å². The van der Waals surface area contributed by atoms with Crippen molar-refractivity contribution in [3.05, 3.63) is 65.2 Å². The van der Waals surface area contributed by atoms with E-state index in [0.717, 1.165) is 46.4 Å². The van der Waals surface area contributed by atoms with Gasteiger partial charge in [-0.15, -0.1) is 0 Å². The van der Waals surface area contributed by atoms with Crippen molar-refractivity contribution in [3.63, 3.8) is 0 Å². The second kappa shape index (κ2) is 5.47. The van der Waals surface area contributed by atoms with Crippen LogP contribution in [0.2, 0.25) is 0 Å². The zero-order valence-corrected chi connectivity index (χ0v) is 13.3. The molecule has 4 heteroatoms. The summed E-state index contributed by atoms with van der Waals surface area (Å²) in [6.07, 6.45) is 3.52. The average molecular weight is 302 g/mol. The molecule has 0 radical (unpaired) electrons. The van der Waals surface area contributed by atoms with Crippen LogP contribution in [0.1, 0.15) is 22.6 Å². The van der Waals surface area contributed by atoms with Gasteiger partial charge in [0.25, 0.3) is 0 Å². The van der Waals surface area contributed by atoms with Crippen molar-refractivity contribution in [1.82, 2.24) is 19.9 Å². The summed E-state index contributed by atoms with van der Waals surface area (Å²) in [5.74, 6) is 1.000. The van der Waals surface area contributed by atoms with Gasteiger partial charge in [0.05, 0.1) is 27.8 Å². The number of nitrogens with zero attached hydrogens (tertiary/aromatic N) is 3. The molecular weight excluding hydrogens is 284 g/mol. The van der Waals surface area contributed by atoms with E-state index in [1.54, 1.807) is 0 Å². The summed E-state index contributed by atoms with van der Waals surface area (Å²) in [4.78, 5) is 17.2. The third-order valence-corrected chi connectivity index (χ3v) is 4.26. The Balaban J connectivity index is 1.57. The second-order valence-corrected chi connectivity index (χ2v) is 5.99. The molecule has 0 atom stereocenters. The van der Waals surface area contributed by atoms with Crippen LogP contribution in [-0.2, 0) is 12.8 Å². The molecule has 4 rings (SSSR count). The van der Waals surface area contributed by atoms with E-state index in [-0.39, 0.29) is 0 Å². The Labute approximate surface area is 134 Å². The molecule has 0 bridgehead atoms. The molecule has 0 saturated carbocycles. The lowest BCUT2D eigenvalue weighted by Gasteiger charge is -2.01. The predicted octanol–water partition coefficient (Wildman–Crippen LogP) is 3.91. The lowest BCUT2D eigenvalue weighted by atomic mass is 10.1. The summed E-state index contributed by atoms with van der Waals surface area (Å²) in [6, 6.07) is 12.3. The van der Waals surface area contributed by atoms with E-state index in [2.05, 4.69) is 45.9 Å². The number of para-hydroxylation sites is 2. The summed E-state index contributed by atoms with van der Waals surface area (Å²) < 4.78 is 0. The number of benzene rings is 2. The number of aryl methyl sites for hydroxylation is 4. The Morgan fingerprint density at radius 3 is 2.52 bits per heavy atom. The van der Waals surface area contributed by atoms with Crippen molar-refractivity contribution in [2.75, 3.05) is 0 Å². The highest BCUT2D eigenvalue weighted by atomic mass is 14.9. The van der Waals surface area contributed by atoms with Gasteiger partial charge < -0.3 is 4.98 Å². The Kier molecular flexibility index (Phi) is 3.30. The molecule has 0 aliphatic heterocycles. The Morgan fingerprint density at radius 1 is 0.870 bits per heavy atom. The van der Waals surface area contributed by atoms with Crippen LogP contribution in [0.15, 0.2) is 42.6 Å². The number of hydrogen-bond acceptors (Lipinski definition) is 3. The van der Waals surface area contributed by atoms with Crippen molar-refractivity contribution in [2.24, 2.45) is 0 Å². The largest absolute Gasteiger partial charge is 0.342 e. The number of hydrogen-bond donors (Lipinski definition) is 1.